The van der Waals surface area contributed by atoms with Crippen molar-refractivity contribution >= 4 is 15.8 Å². The van der Waals surface area contributed by atoms with Crippen molar-refractivity contribution in [2.45, 2.75) is 46.5 Å². The van der Waals surface area contributed by atoms with Crippen molar-refractivity contribution in [3.8, 4) is 0 Å². The molecule has 1 aliphatic heterocycles. The van der Waals surface area contributed by atoms with Crippen molar-refractivity contribution in [2.24, 2.45) is 0 Å². The van der Waals surface area contributed by atoms with Crippen LogP contribution >= 0.6 is 0 Å². The van der Waals surface area contributed by atoms with Crippen molar-refractivity contribution in [1.82, 2.24) is 14.3 Å². The Bertz CT molecular complexity index is 987. The van der Waals surface area contributed by atoms with Gasteiger partial charge in [0.25, 0.3) is 0 Å². The summed E-state index contributed by atoms with van der Waals surface area (Å²) in [5.41, 5.74) is 2.34. The number of anilines is 1. The zero-order valence-electron chi connectivity index (χ0n) is 18.2. The van der Waals surface area contributed by atoms with Gasteiger partial charge < -0.3 is 4.90 Å². The molecule has 0 bridgehead atoms. The molecular formula is C22H31FN4O2S. The number of rotatable bonds is 7. The Morgan fingerprint density at radius 3 is 2.37 bits per heavy atom. The van der Waals surface area contributed by atoms with Crippen molar-refractivity contribution in [2.75, 3.05) is 36.8 Å². The number of aromatic nitrogens is 2. The Morgan fingerprint density at radius 2 is 1.77 bits per heavy atom. The molecule has 2 heterocycles. The molecule has 3 rings (SSSR count). The molecule has 0 unspecified atom stereocenters. The van der Waals surface area contributed by atoms with E-state index in [1.807, 2.05) is 33.8 Å². The van der Waals surface area contributed by atoms with E-state index in [1.165, 1.54) is 6.07 Å². The lowest BCUT2D eigenvalue weighted by Crippen LogP contribution is -2.49. The molecule has 30 heavy (non-hydrogen) atoms. The summed E-state index contributed by atoms with van der Waals surface area (Å²) in [5.74, 6) is 1.64. The number of sulfonamides is 1. The van der Waals surface area contributed by atoms with Gasteiger partial charge in [0.05, 0.1) is 5.75 Å². The van der Waals surface area contributed by atoms with Gasteiger partial charge in [-0.25, -0.2) is 22.8 Å². The van der Waals surface area contributed by atoms with Gasteiger partial charge >= 0.3 is 0 Å². The Hall–Kier alpha value is -2.06. The molecule has 1 fully saturated rings. The Kier molecular flexibility index (Phi) is 7.08. The van der Waals surface area contributed by atoms with Crippen molar-refractivity contribution in [3.63, 3.8) is 0 Å². The topological polar surface area (TPSA) is 66.4 Å². The maximum Gasteiger partial charge on any atom is 0.214 e. The van der Waals surface area contributed by atoms with Crippen LogP contribution in [0.2, 0.25) is 0 Å². The van der Waals surface area contributed by atoms with E-state index < -0.39 is 10.0 Å². The smallest absolute Gasteiger partial charge is 0.214 e. The lowest BCUT2D eigenvalue weighted by atomic mass is 10.0. The van der Waals surface area contributed by atoms with Crippen molar-refractivity contribution in [3.05, 3.63) is 52.7 Å². The van der Waals surface area contributed by atoms with Crippen LogP contribution in [0.5, 0.6) is 0 Å². The number of halogens is 1. The molecule has 0 amide bonds. The molecule has 0 radical (unpaired) electrons. The maximum atomic E-state index is 14.3. The van der Waals surface area contributed by atoms with E-state index >= 15 is 0 Å². The normalized spacial score (nSPS) is 15.7. The first-order valence-corrected chi connectivity index (χ1v) is 12.2. The van der Waals surface area contributed by atoms with Gasteiger partial charge in [-0.1, -0.05) is 39.0 Å². The van der Waals surface area contributed by atoms with E-state index in [0.29, 0.717) is 44.6 Å². The van der Waals surface area contributed by atoms with Gasteiger partial charge in [0.2, 0.25) is 10.0 Å². The Morgan fingerprint density at radius 1 is 1.10 bits per heavy atom. The molecule has 1 saturated heterocycles. The first-order valence-electron chi connectivity index (χ1n) is 10.6. The highest BCUT2D eigenvalue weighted by atomic mass is 32.2. The molecule has 0 spiro atoms. The van der Waals surface area contributed by atoms with E-state index in [-0.39, 0.29) is 17.5 Å². The van der Waals surface area contributed by atoms with Crippen molar-refractivity contribution in [1.29, 1.82) is 0 Å². The third-order valence-electron chi connectivity index (χ3n) is 5.44. The van der Waals surface area contributed by atoms with Gasteiger partial charge in [0.1, 0.15) is 17.5 Å². The Labute approximate surface area is 179 Å². The third kappa shape index (κ3) is 4.98. The van der Waals surface area contributed by atoms with Gasteiger partial charge in [0, 0.05) is 49.8 Å². The summed E-state index contributed by atoms with van der Waals surface area (Å²) in [4.78, 5) is 11.6. The quantitative estimate of drug-likeness (QED) is 0.667. The van der Waals surface area contributed by atoms with Crippen LogP contribution < -0.4 is 4.90 Å². The second-order valence-electron chi connectivity index (χ2n) is 8.09. The number of piperazine rings is 1. The molecule has 2 aromatic rings. The summed E-state index contributed by atoms with van der Waals surface area (Å²) < 4.78 is 40.7. The molecule has 6 nitrogen and oxygen atoms in total. The summed E-state index contributed by atoms with van der Waals surface area (Å²) in [7, 11) is -3.21. The predicted octanol–water partition coefficient (Wildman–Crippen LogP) is 3.50. The standard InChI is InChI=1S/C22H31FN4O2S/c1-5-14-30(28,29)27-12-10-26(11-13-27)22-19(15-18-8-6-7-9-20(18)23)17(4)24-21(25-22)16(2)3/h6-9,16H,5,10-15H2,1-4H3. The monoisotopic (exact) mass is 434 g/mol. The van der Waals surface area contributed by atoms with Crippen LogP contribution in [0.1, 0.15) is 55.8 Å². The van der Waals surface area contributed by atoms with E-state index in [4.69, 9.17) is 4.98 Å². The fraction of sp³-hybridized carbons (Fsp3) is 0.545. The number of aryl methyl sites for hydroxylation is 1. The SMILES string of the molecule is CCCS(=O)(=O)N1CCN(c2nc(C(C)C)nc(C)c2Cc2ccccc2F)CC1. The molecular weight excluding hydrogens is 403 g/mol. The predicted molar refractivity (Wildman–Crippen MR) is 118 cm³/mol. The number of hydrogen-bond donors (Lipinski definition) is 0. The number of benzene rings is 1. The van der Waals surface area contributed by atoms with Gasteiger partial charge in [-0.3, -0.25) is 0 Å². The van der Waals surface area contributed by atoms with Gasteiger partial charge in [-0.2, -0.15) is 4.31 Å². The Balaban J connectivity index is 1.92. The molecule has 1 aromatic carbocycles. The van der Waals surface area contributed by atoms with E-state index in [0.717, 1.165) is 22.9 Å². The van der Waals surface area contributed by atoms with E-state index in [9.17, 15) is 12.8 Å². The highest BCUT2D eigenvalue weighted by Crippen LogP contribution is 2.28. The summed E-state index contributed by atoms with van der Waals surface area (Å²) in [6, 6.07) is 6.75. The molecule has 0 atom stereocenters. The van der Waals surface area contributed by atoms with Crippen LogP contribution in [0.25, 0.3) is 0 Å². The molecule has 1 aromatic heterocycles. The van der Waals surface area contributed by atoms with Crippen LogP contribution in [0.4, 0.5) is 10.2 Å². The zero-order chi connectivity index (χ0) is 21.9. The molecule has 8 heteroatoms. The van der Waals surface area contributed by atoms with Gasteiger partial charge in [-0.05, 0) is 25.0 Å². The van der Waals surface area contributed by atoms with E-state index in [1.54, 1.807) is 16.4 Å². The summed E-state index contributed by atoms with van der Waals surface area (Å²) >= 11 is 0. The fourth-order valence-corrected chi connectivity index (χ4v) is 5.22. The summed E-state index contributed by atoms with van der Waals surface area (Å²) in [5, 5.41) is 0. The first-order chi connectivity index (χ1) is 14.2. The first kappa shape index (κ1) is 22.6. The van der Waals surface area contributed by atoms with Gasteiger partial charge in [-0.15, -0.1) is 0 Å². The maximum absolute atomic E-state index is 14.3. The minimum Gasteiger partial charge on any atom is -0.354 e. The second kappa shape index (κ2) is 9.39. The fourth-order valence-electron chi connectivity index (χ4n) is 3.73. The summed E-state index contributed by atoms with van der Waals surface area (Å²) in [6.45, 7) is 9.88. The van der Waals surface area contributed by atoms with Crippen LogP contribution in [-0.4, -0.2) is 54.6 Å². The third-order valence-corrected chi connectivity index (χ3v) is 7.52. The second-order valence-corrected chi connectivity index (χ2v) is 10.2. The van der Waals surface area contributed by atoms with Crippen molar-refractivity contribution < 1.29 is 12.8 Å². The number of nitrogens with zero attached hydrogens (tertiary/aromatic N) is 4. The van der Waals surface area contributed by atoms with Crippen LogP contribution in [0, 0.1) is 12.7 Å². The highest BCUT2D eigenvalue weighted by molar-refractivity contribution is 7.89. The largest absolute Gasteiger partial charge is 0.354 e. The average Bonchev–Trinajstić information content (AvgIpc) is 2.70. The van der Waals surface area contributed by atoms with Crippen LogP contribution in [-0.2, 0) is 16.4 Å². The lowest BCUT2D eigenvalue weighted by molar-refractivity contribution is 0.383. The van der Waals surface area contributed by atoms with Crippen LogP contribution in [0.3, 0.4) is 0 Å². The molecule has 0 saturated carbocycles. The summed E-state index contributed by atoms with van der Waals surface area (Å²) in [6.07, 6.45) is 1.01. The van der Waals surface area contributed by atoms with Crippen LogP contribution in [0.15, 0.2) is 24.3 Å². The molecule has 0 N–H and O–H groups in total. The highest BCUT2D eigenvalue weighted by Gasteiger charge is 2.28. The van der Waals surface area contributed by atoms with E-state index in [2.05, 4.69) is 9.88 Å². The zero-order valence-corrected chi connectivity index (χ0v) is 19.0. The van der Waals surface area contributed by atoms with Gasteiger partial charge in [0.15, 0.2) is 0 Å². The molecule has 1 aliphatic rings. The lowest BCUT2D eigenvalue weighted by Gasteiger charge is -2.36. The minimum absolute atomic E-state index is 0.163. The minimum atomic E-state index is -3.21. The molecule has 164 valence electrons. The molecule has 0 aliphatic carbocycles. The average molecular weight is 435 g/mol. The number of hydrogen-bond acceptors (Lipinski definition) is 5.